The maximum Gasteiger partial charge on any atom is 0.239 e. The van der Waals surface area contributed by atoms with E-state index in [-0.39, 0.29) is 81.4 Å². The van der Waals surface area contributed by atoms with E-state index >= 15 is 0 Å². The smallest absolute Gasteiger partial charge is 0.239 e. The van der Waals surface area contributed by atoms with Crippen molar-refractivity contribution in [2.75, 3.05) is 27.9 Å². The molecule has 4 N–H and O–H groups in total. The molecule has 44 heavy (non-hydrogen) atoms. The van der Waals surface area contributed by atoms with Crippen LogP contribution in [0.25, 0.3) is 22.3 Å². The third-order valence-corrected chi connectivity index (χ3v) is 6.07. The Morgan fingerprint density at radius 2 is 1.36 bits per heavy atom. The van der Waals surface area contributed by atoms with E-state index in [4.69, 9.17) is 28.1 Å². The molecule has 3 aromatic carbocycles. The van der Waals surface area contributed by atoms with E-state index < -0.39 is 11.2 Å². The van der Waals surface area contributed by atoms with Crippen molar-refractivity contribution in [3.8, 4) is 57.3 Å². The second-order valence-electron chi connectivity index (χ2n) is 9.99. The number of aromatic hydroxyl groups is 4. The third-order valence-electron chi connectivity index (χ3n) is 6.07. The lowest BCUT2D eigenvalue weighted by Gasteiger charge is -2.15. The third kappa shape index (κ3) is 7.64. The van der Waals surface area contributed by atoms with Gasteiger partial charge in [0.25, 0.3) is 0 Å². The summed E-state index contributed by atoms with van der Waals surface area (Å²) in [6.07, 6.45) is -0.398. The summed E-state index contributed by atoms with van der Waals surface area (Å²) >= 11 is 0. The quantitative estimate of drug-likeness (QED) is 0.168. The van der Waals surface area contributed by atoms with Crippen molar-refractivity contribution in [2.45, 2.75) is 39.9 Å². The van der Waals surface area contributed by atoms with Crippen molar-refractivity contribution in [1.82, 2.24) is 0 Å². The highest BCUT2D eigenvalue weighted by Crippen LogP contribution is 2.39. The Balaban J connectivity index is 0.000000269. The average molecular weight is 613 g/mol. The van der Waals surface area contributed by atoms with E-state index in [2.05, 4.69) is 0 Å². The van der Waals surface area contributed by atoms with Crippen LogP contribution in [0.3, 0.4) is 0 Å². The van der Waals surface area contributed by atoms with Gasteiger partial charge in [-0.05, 0) is 45.9 Å². The minimum Gasteiger partial charge on any atom is -0.507 e. The summed E-state index contributed by atoms with van der Waals surface area (Å²) in [5, 5.41) is 39.3. The first kappa shape index (κ1) is 33.4. The Bertz CT molecular complexity index is 1660. The Morgan fingerprint density at radius 3 is 1.91 bits per heavy atom. The van der Waals surface area contributed by atoms with Crippen LogP contribution in [0, 0.1) is 0 Å². The summed E-state index contributed by atoms with van der Waals surface area (Å²) in [5.41, 5.74) is -0.0322. The lowest BCUT2D eigenvalue weighted by atomic mass is 10.1. The average Bonchev–Trinajstić information content (AvgIpc) is 2.97. The molecule has 236 valence electrons. The summed E-state index contributed by atoms with van der Waals surface area (Å²) < 4.78 is 31.9. The SMILES string of the molecule is COc1cc(O)c(C(=O)COC(C)C)c(O)c1.COc1cc(O)c2c(=O)c(OC(C)C)c(-c3ccc(O)c(OC)c3)oc2c1. The molecule has 0 saturated carbocycles. The molecule has 0 saturated heterocycles. The van der Waals surface area contributed by atoms with Crippen molar-refractivity contribution < 1.29 is 53.3 Å². The van der Waals surface area contributed by atoms with Crippen LogP contribution in [-0.4, -0.2) is 66.4 Å². The molecule has 12 heteroatoms. The van der Waals surface area contributed by atoms with Crippen LogP contribution in [0.4, 0.5) is 0 Å². The zero-order valence-corrected chi connectivity index (χ0v) is 25.5. The first-order valence-corrected chi connectivity index (χ1v) is 13.5. The number of carbonyl (C=O) groups is 1. The molecular formula is C32H36O12. The largest absolute Gasteiger partial charge is 0.507 e. The van der Waals surface area contributed by atoms with Crippen LogP contribution in [0.1, 0.15) is 38.1 Å². The first-order valence-electron chi connectivity index (χ1n) is 13.5. The van der Waals surface area contributed by atoms with Gasteiger partial charge in [0.1, 0.15) is 51.9 Å². The van der Waals surface area contributed by atoms with Crippen LogP contribution in [0.5, 0.6) is 46.0 Å². The van der Waals surface area contributed by atoms with Crippen LogP contribution in [0.2, 0.25) is 0 Å². The van der Waals surface area contributed by atoms with E-state index in [1.165, 1.54) is 57.7 Å². The van der Waals surface area contributed by atoms with Crippen molar-refractivity contribution in [3.63, 3.8) is 0 Å². The van der Waals surface area contributed by atoms with Gasteiger partial charge in [-0.25, -0.2) is 0 Å². The molecule has 1 heterocycles. The predicted molar refractivity (Wildman–Crippen MR) is 162 cm³/mol. The topological polar surface area (TPSA) is 174 Å². The summed E-state index contributed by atoms with van der Waals surface area (Å²) in [4.78, 5) is 24.7. The molecule has 0 spiro atoms. The molecule has 0 radical (unpaired) electrons. The van der Waals surface area contributed by atoms with E-state index in [1.807, 2.05) is 0 Å². The van der Waals surface area contributed by atoms with Crippen molar-refractivity contribution in [3.05, 3.63) is 58.3 Å². The summed E-state index contributed by atoms with van der Waals surface area (Å²) in [7, 11) is 4.27. The van der Waals surface area contributed by atoms with Crippen molar-refractivity contribution >= 4 is 16.8 Å². The molecular weight excluding hydrogens is 576 g/mol. The van der Waals surface area contributed by atoms with Crippen LogP contribution in [0.15, 0.2) is 51.7 Å². The normalized spacial score (nSPS) is 10.8. The number of Topliss-reactive ketones (excluding diaryl/α,β-unsaturated/α-hetero) is 1. The second-order valence-corrected chi connectivity index (χ2v) is 9.99. The van der Waals surface area contributed by atoms with Crippen molar-refractivity contribution in [1.29, 1.82) is 0 Å². The lowest BCUT2D eigenvalue weighted by molar-refractivity contribution is 0.0580. The zero-order valence-electron chi connectivity index (χ0n) is 25.5. The standard InChI is InChI=1S/C20H20O7.C12H16O5/c1-10(2)26-20-18(23)17-14(22)8-12(24-3)9-16(17)27-19(20)11-5-6-13(21)15(7-11)25-4;1-7(2)17-6-11(15)12-9(13)4-8(16-3)5-10(12)14/h5-10,21-22H,1-4H3;4-5,7,13-14H,6H2,1-3H3. The van der Waals surface area contributed by atoms with Gasteiger partial charge in [0.15, 0.2) is 23.0 Å². The van der Waals surface area contributed by atoms with Gasteiger partial charge in [0.05, 0.1) is 33.5 Å². The Hall–Kier alpha value is -5.10. The number of phenols is 4. The Labute approximate surface area is 253 Å². The predicted octanol–water partition coefficient (Wildman–Crippen LogP) is 5.39. The summed E-state index contributed by atoms with van der Waals surface area (Å²) in [6.45, 7) is 6.95. The number of ketones is 1. The number of hydrogen-bond acceptors (Lipinski definition) is 12. The van der Waals surface area contributed by atoms with E-state index in [1.54, 1.807) is 33.8 Å². The second kappa shape index (κ2) is 14.4. The molecule has 4 rings (SSSR count). The number of benzene rings is 3. The maximum atomic E-state index is 13.0. The molecule has 0 unspecified atom stereocenters. The molecule has 0 atom stereocenters. The number of ether oxygens (including phenoxy) is 5. The number of hydrogen-bond donors (Lipinski definition) is 4. The van der Waals surface area contributed by atoms with Gasteiger partial charge in [0.2, 0.25) is 11.2 Å². The van der Waals surface area contributed by atoms with Crippen LogP contribution >= 0.6 is 0 Å². The van der Waals surface area contributed by atoms with Crippen molar-refractivity contribution in [2.24, 2.45) is 0 Å². The molecule has 0 fully saturated rings. The van der Waals surface area contributed by atoms with Gasteiger partial charge in [-0.1, -0.05) is 0 Å². The Kier molecular flexibility index (Phi) is 10.9. The maximum absolute atomic E-state index is 13.0. The van der Waals surface area contributed by atoms with E-state index in [0.717, 1.165) is 0 Å². The van der Waals surface area contributed by atoms with Crippen LogP contribution < -0.4 is 24.4 Å². The first-order chi connectivity index (χ1) is 20.8. The number of fused-ring (bicyclic) bond motifs is 1. The monoisotopic (exact) mass is 612 g/mol. The van der Waals surface area contributed by atoms with Gasteiger partial charge in [-0.3, -0.25) is 9.59 Å². The molecule has 1 aromatic heterocycles. The zero-order chi connectivity index (χ0) is 32.7. The minimum absolute atomic E-state index is 0.000873. The molecule has 0 bridgehead atoms. The highest BCUT2D eigenvalue weighted by Gasteiger charge is 2.23. The molecule has 0 aliphatic rings. The van der Waals surface area contributed by atoms with Crippen LogP contribution in [-0.2, 0) is 4.74 Å². The number of phenolic OH excluding ortho intramolecular Hbond substituents is 4. The van der Waals surface area contributed by atoms with Gasteiger partial charge in [-0.2, -0.15) is 0 Å². The molecule has 0 aliphatic heterocycles. The molecule has 0 aliphatic carbocycles. The molecule has 0 amide bonds. The molecule has 4 aromatic rings. The van der Waals surface area contributed by atoms with Gasteiger partial charge < -0.3 is 48.5 Å². The number of carbonyl (C=O) groups excluding carboxylic acids is 1. The van der Waals surface area contributed by atoms with Gasteiger partial charge in [0, 0.05) is 29.8 Å². The number of rotatable bonds is 10. The Morgan fingerprint density at radius 1 is 0.773 bits per heavy atom. The number of methoxy groups -OCH3 is 3. The van der Waals surface area contributed by atoms with Gasteiger partial charge in [-0.15, -0.1) is 0 Å². The fourth-order valence-electron chi connectivity index (χ4n) is 4.03. The lowest BCUT2D eigenvalue weighted by Crippen LogP contribution is -2.15. The van der Waals surface area contributed by atoms with Gasteiger partial charge >= 0.3 is 0 Å². The minimum atomic E-state index is -0.507. The fraction of sp³-hybridized carbons (Fsp3) is 0.312. The van der Waals surface area contributed by atoms with E-state index in [9.17, 15) is 30.0 Å². The molecule has 12 nitrogen and oxygen atoms in total. The highest BCUT2D eigenvalue weighted by atomic mass is 16.5. The van der Waals surface area contributed by atoms with E-state index in [0.29, 0.717) is 11.3 Å². The summed E-state index contributed by atoms with van der Waals surface area (Å²) in [5.74, 6) is -0.459. The summed E-state index contributed by atoms with van der Waals surface area (Å²) in [6, 6.07) is 9.92. The fourth-order valence-corrected chi connectivity index (χ4v) is 4.03. The highest BCUT2D eigenvalue weighted by molar-refractivity contribution is 6.02.